The molecule has 0 saturated carbocycles. The smallest absolute Gasteiger partial charge is 0.410 e. The van der Waals surface area contributed by atoms with Crippen molar-refractivity contribution in [2.75, 3.05) is 26.7 Å². The molecule has 1 fully saturated rings. The van der Waals surface area contributed by atoms with E-state index in [0.29, 0.717) is 19.6 Å². The number of nitro benzene ring substituents is 1. The first-order chi connectivity index (χ1) is 13.0. The predicted molar refractivity (Wildman–Crippen MR) is 105 cm³/mol. The largest absolute Gasteiger partial charge is 0.444 e. The lowest BCUT2D eigenvalue weighted by molar-refractivity contribution is -0.384. The SMILES string of the molecule is CN(CC1CCCN(C(=O)Cc2ccc([N+](=O)[O-])cc2)C1)C(=O)OC(C)(C)C. The maximum Gasteiger partial charge on any atom is 0.410 e. The fraction of sp³-hybridized carbons (Fsp3) is 0.600. The summed E-state index contributed by atoms with van der Waals surface area (Å²) in [6.07, 6.45) is 1.70. The molecule has 1 unspecified atom stereocenters. The quantitative estimate of drug-likeness (QED) is 0.567. The number of piperidine rings is 1. The zero-order chi connectivity index (χ0) is 20.9. The number of hydrogen-bond acceptors (Lipinski definition) is 5. The molecular weight excluding hydrogens is 362 g/mol. The number of ether oxygens (including phenoxy) is 1. The third-order valence-electron chi connectivity index (χ3n) is 4.61. The number of hydrogen-bond donors (Lipinski definition) is 0. The van der Waals surface area contributed by atoms with Crippen molar-refractivity contribution in [3.8, 4) is 0 Å². The van der Waals surface area contributed by atoms with Crippen LogP contribution >= 0.6 is 0 Å². The molecule has 0 radical (unpaired) electrons. The van der Waals surface area contributed by atoms with Crippen molar-refractivity contribution in [2.45, 2.75) is 45.6 Å². The molecular formula is C20H29N3O5. The lowest BCUT2D eigenvalue weighted by atomic mass is 9.97. The zero-order valence-corrected chi connectivity index (χ0v) is 17.0. The molecule has 0 aliphatic carbocycles. The highest BCUT2D eigenvalue weighted by Crippen LogP contribution is 2.20. The van der Waals surface area contributed by atoms with Gasteiger partial charge in [-0.15, -0.1) is 0 Å². The van der Waals surface area contributed by atoms with E-state index < -0.39 is 10.5 Å². The van der Waals surface area contributed by atoms with Gasteiger partial charge in [-0.2, -0.15) is 0 Å². The number of benzene rings is 1. The molecule has 1 atom stereocenters. The summed E-state index contributed by atoms with van der Waals surface area (Å²) in [4.78, 5) is 38.4. The number of amides is 2. The van der Waals surface area contributed by atoms with Gasteiger partial charge in [0.05, 0.1) is 11.3 Å². The van der Waals surface area contributed by atoms with Gasteiger partial charge >= 0.3 is 6.09 Å². The van der Waals surface area contributed by atoms with Gasteiger partial charge in [0.2, 0.25) is 5.91 Å². The molecule has 0 N–H and O–H groups in total. The first-order valence-electron chi connectivity index (χ1n) is 9.50. The van der Waals surface area contributed by atoms with Crippen LogP contribution < -0.4 is 0 Å². The third kappa shape index (κ3) is 6.51. The molecule has 1 aromatic carbocycles. The molecule has 8 nitrogen and oxygen atoms in total. The van der Waals surface area contributed by atoms with Gasteiger partial charge in [-0.25, -0.2) is 4.79 Å². The van der Waals surface area contributed by atoms with E-state index in [-0.39, 0.29) is 30.0 Å². The van der Waals surface area contributed by atoms with Crippen molar-refractivity contribution in [3.63, 3.8) is 0 Å². The maximum absolute atomic E-state index is 12.6. The average molecular weight is 391 g/mol. The molecule has 8 heteroatoms. The fourth-order valence-corrected chi connectivity index (χ4v) is 3.26. The Bertz CT molecular complexity index is 712. The molecule has 1 aromatic rings. The molecule has 2 amide bonds. The van der Waals surface area contributed by atoms with Crippen LogP contribution in [0.1, 0.15) is 39.2 Å². The van der Waals surface area contributed by atoms with E-state index >= 15 is 0 Å². The van der Waals surface area contributed by atoms with Crippen LogP contribution in [0.3, 0.4) is 0 Å². The Hall–Kier alpha value is -2.64. The Morgan fingerprint density at radius 1 is 1.29 bits per heavy atom. The Morgan fingerprint density at radius 3 is 2.50 bits per heavy atom. The zero-order valence-electron chi connectivity index (χ0n) is 17.0. The lowest BCUT2D eigenvalue weighted by Gasteiger charge is -2.35. The van der Waals surface area contributed by atoms with Gasteiger partial charge in [-0.05, 0) is 45.1 Å². The minimum Gasteiger partial charge on any atom is -0.444 e. The molecule has 154 valence electrons. The molecule has 1 aliphatic heterocycles. The van der Waals surface area contributed by atoms with E-state index in [1.807, 2.05) is 25.7 Å². The van der Waals surface area contributed by atoms with Gasteiger partial charge in [0.25, 0.3) is 5.69 Å². The Balaban J connectivity index is 1.88. The van der Waals surface area contributed by atoms with E-state index in [1.165, 1.54) is 12.1 Å². The predicted octanol–water partition coefficient (Wildman–Crippen LogP) is 3.24. The summed E-state index contributed by atoms with van der Waals surface area (Å²) in [6, 6.07) is 6.07. The summed E-state index contributed by atoms with van der Waals surface area (Å²) in [5.41, 5.74) is 0.230. The molecule has 28 heavy (non-hydrogen) atoms. The number of carbonyl (C=O) groups excluding carboxylic acids is 2. The van der Waals surface area contributed by atoms with Crippen LogP contribution in [0.2, 0.25) is 0 Å². The molecule has 1 heterocycles. The van der Waals surface area contributed by atoms with Crippen LogP contribution in [0.5, 0.6) is 0 Å². The fourth-order valence-electron chi connectivity index (χ4n) is 3.26. The van der Waals surface area contributed by atoms with Crippen molar-refractivity contribution in [3.05, 3.63) is 39.9 Å². The first kappa shape index (κ1) is 21.7. The topological polar surface area (TPSA) is 93.0 Å². The number of nitrogens with zero attached hydrogens (tertiary/aromatic N) is 3. The van der Waals surface area contributed by atoms with E-state index in [0.717, 1.165) is 18.4 Å². The average Bonchev–Trinajstić information content (AvgIpc) is 2.61. The Morgan fingerprint density at radius 2 is 1.93 bits per heavy atom. The Labute approximate surface area is 165 Å². The summed E-state index contributed by atoms with van der Waals surface area (Å²) >= 11 is 0. The maximum atomic E-state index is 12.6. The molecule has 1 saturated heterocycles. The van der Waals surface area contributed by atoms with Gasteiger partial charge in [-0.3, -0.25) is 14.9 Å². The minimum absolute atomic E-state index is 0.00141. The highest BCUT2D eigenvalue weighted by molar-refractivity contribution is 5.79. The van der Waals surface area contributed by atoms with E-state index in [1.54, 1.807) is 24.1 Å². The monoisotopic (exact) mass is 391 g/mol. The molecule has 1 aliphatic rings. The molecule has 0 bridgehead atoms. The van der Waals surface area contributed by atoms with Crippen LogP contribution in [-0.2, 0) is 16.0 Å². The van der Waals surface area contributed by atoms with Crippen molar-refractivity contribution < 1.29 is 19.2 Å². The van der Waals surface area contributed by atoms with Crippen molar-refractivity contribution in [1.29, 1.82) is 0 Å². The van der Waals surface area contributed by atoms with Crippen LogP contribution in [-0.4, -0.2) is 59.0 Å². The molecule has 2 rings (SSSR count). The number of likely N-dealkylation sites (tertiary alicyclic amines) is 1. The number of non-ortho nitro benzene ring substituents is 1. The van der Waals surface area contributed by atoms with Gasteiger partial charge in [-0.1, -0.05) is 12.1 Å². The van der Waals surface area contributed by atoms with Gasteiger partial charge in [0.15, 0.2) is 0 Å². The summed E-state index contributed by atoms with van der Waals surface area (Å²) in [5.74, 6) is 0.200. The number of rotatable bonds is 5. The first-order valence-corrected chi connectivity index (χ1v) is 9.50. The van der Waals surface area contributed by atoms with E-state index in [2.05, 4.69) is 0 Å². The highest BCUT2D eigenvalue weighted by Gasteiger charge is 2.27. The van der Waals surface area contributed by atoms with E-state index in [4.69, 9.17) is 4.74 Å². The summed E-state index contributed by atoms with van der Waals surface area (Å²) in [7, 11) is 1.71. The third-order valence-corrected chi connectivity index (χ3v) is 4.61. The van der Waals surface area contributed by atoms with Gasteiger partial charge in [0, 0.05) is 38.8 Å². The van der Waals surface area contributed by atoms with E-state index in [9.17, 15) is 19.7 Å². The summed E-state index contributed by atoms with van der Waals surface area (Å²) in [6.45, 7) is 7.32. The summed E-state index contributed by atoms with van der Waals surface area (Å²) < 4.78 is 5.38. The van der Waals surface area contributed by atoms with Crippen molar-refractivity contribution >= 4 is 17.7 Å². The van der Waals surface area contributed by atoms with Crippen LogP contribution in [0.4, 0.5) is 10.5 Å². The molecule has 0 aromatic heterocycles. The number of nitro groups is 1. The lowest BCUT2D eigenvalue weighted by Crippen LogP contribution is -2.45. The highest BCUT2D eigenvalue weighted by atomic mass is 16.6. The second-order valence-corrected chi connectivity index (χ2v) is 8.31. The summed E-state index contributed by atoms with van der Waals surface area (Å²) in [5, 5.41) is 10.7. The van der Waals surface area contributed by atoms with Gasteiger partial charge < -0.3 is 14.5 Å². The minimum atomic E-state index is -0.537. The van der Waals surface area contributed by atoms with Crippen LogP contribution in [0.15, 0.2) is 24.3 Å². The molecule has 0 spiro atoms. The second-order valence-electron chi connectivity index (χ2n) is 8.31. The van der Waals surface area contributed by atoms with Crippen molar-refractivity contribution in [2.24, 2.45) is 5.92 Å². The Kier molecular flexibility index (Phi) is 6.99. The van der Waals surface area contributed by atoms with Crippen LogP contribution in [0, 0.1) is 16.0 Å². The number of carbonyl (C=O) groups is 2. The van der Waals surface area contributed by atoms with Crippen LogP contribution in [0.25, 0.3) is 0 Å². The standard InChI is InChI=1S/C20H29N3O5/c1-20(2,3)28-19(25)21(4)13-16-6-5-11-22(14-16)18(24)12-15-7-9-17(10-8-15)23(26)27/h7-10,16H,5-6,11-14H2,1-4H3. The van der Waals surface area contributed by atoms with Gasteiger partial charge in [0.1, 0.15) is 5.60 Å². The van der Waals surface area contributed by atoms with Crippen molar-refractivity contribution in [1.82, 2.24) is 9.80 Å². The normalized spacial score (nSPS) is 17.1. The second kappa shape index (κ2) is 9.03.